The summed E-state index contributed by atoms with van der Waals surface area (Å²) >= 11 is 6.11. The second kappa shape index (κ2) is 8.96. The van der Waals surface area contributed by atoms with Gasteiger partial charge in [0, 0.05) is 23.1 Å². The van der Waals surface area contributed by atoms with Gasteiger partial charge in [-0.3, -0.25) is 19.5 Å². The molecular formula is C25H21ClN2O5. The van der Waals surface area contributed by atoms with Crippen LogP contribution in [0.15, 0.2) is 66.5 Å². The summed E-state index contributed by atoms with van der Waals surface area (Å²) in [6.45, 7) is 1.80. The predicted octanol–water partition coefficient (Wildman–Crippen LogP) is 4.69. The zero-order chi connectivity index (χ0) is 23.7. The molecule has 0 spiro atoms. The fraction of sp³-hybridized carbons (Fsp3) is 0.160. The van der Waals surface area contributed by atoms with Crippen LogP contribution in [0.25, 0.3) is 5.76 Å². The van der Waals surface area contributed by atoms with Gasteiger partial charge in [-0.05, 0) is 60.5 Å². The Bertz CT molecular complexity index is 1270. The molecule has 1 aliphatic heterocycles. The molecule has 3 aromatic rings. The molecule has 1 aromatic heterocycles. The molecule has 1 amide bonds. The molecule has 8 heteroatoms. The summed E-state index contributed by atoms with van der Waals surface area (Å²) in [4.78, 5) is 32.1. The first-order chi connectivity index (χ1) is 15.9. The Hall–Kier alpha value is -3.84. The second-order valence-corrected chi connectivity index (χ2v) is 7.89. The summed E-state index contributed by atoms with van der Waals surface area (Å²) in [5, 5.41) is 11.9. The van der Waals surface area contributed by atoms with Gasteiger partial charge in [0.25, 0.3) is 11.7 Å². The molecule has 0 bridgehead atoms. The summed E-state index contributed by atoms with van der Waals surface area (Å²) in [5.74, 6) is -1.17. The van der Waals surface area contributed by atoms with E-state index in [4.69, 9.17) is 21.1 Å². The molecular weight excluding hydrogens is 444 g/mol. The lowest BCUT2D eigenvalue weighted by atomic mass is 9.95. The molecule has 168 valence electrons. The first-order valence-corrected chi connectivity index (χ1v) is 10.4. The molecule has 0 saturated carbocycles. The van der Waals surface area contributed by atoms with Crippen LogP contribution in [-0.4, -0.2) is 36.0 Å². The Kier molecular flexibility index (Phi) is 6.07. The van der Waals surface area contributed by atoms with Gasteiger partial charge >= 0.3 is 0 Å². The number of halogens is 1. The van der Waals surface area contributed by atoms with Gasteiger partial charge in [0.1, 0.15) is 17.3 Å². The molecule has 1 unspecified atom stereocenters. The lowest BCUT2D eigenvalue weighted by Crippen LogP contribution is -2.30. The van der Waals surface area contributed by atoms with Crippen molar-refractivity contribution >= 4 is 34.7 Å². The quantitative estimate of drug-likeness (QED) is 0.335. The number of rotatable bonds is 5. The molecule has 4 rings (SSSR count). The molecule has 0 aliphatic carbocycles. The standard InChI is InChI=1S/C25H21ClN2O5/c1-14-11-16(26)6-8-19(14)28-22(15-5-4-10-27-13-15)21(24(30)25(28)31)23(29)18-12-17(32-2)7-9-20(18)33-3/h4-13,22,29H,1-3H3/b23-21+. The van der Waals surface area contributed by atoms with Gasteiger partial charge in [-0.1, -0.05) is 17.7 Å². The molecule has 1 aliphatic rings. The zero-order valence-electron chi connectivity index (χ0n) is 18.2. The number of pyridine rings is 1. The number of aliphatic hydroxyl groups excluding tert-OH is 1. The molecule has 2 heterocycles. The Morgan fingerprint density at radius 1 is 1.09 bits per heavy atom. The lowest BCUT2D eigenvalue weighted by Gasteiger charge is -2.26. The highest BCUT2D eigenvalue weighted by Gasteiger charge is 2.47. The van der Waals surface area contributed by atoms with Crippen molar-refractivity contribution in [3.05, 3.63) is 88.2 Å². The largest absolute Gasteiger partial charge is 0.507 e. The van der Waals surface area contributed by atoms with Gasteiger partial charge in [-0.25, -0.2) is 0 Å². The smallest absolute Gasteiger partial charge is 0.300 e. The van der Waals surface area contributed by atoms with E-state index in [9.17, 15) is 14.7 Å². The Morgan fingerprint density at radius 3 is 2.52 bits per heavy atom. The summed E-state index contributed by atoms with van der Waals surface area (Å²) < 4.78 is 10.7. The number of carbonyl (C=O) groups excluding carboxylic acids is 2. The third-order valence-corrected chi connectivity index (χ3v) is 5.76. The molecule has 1 fully saturated rings. The molecule has 2 aromatic carbocycles. The normalized spacial score (nSPS) is 17.3. The van der Waals surface area contributed by atoms with E-state index in [1.165, 1.54) is 19.1 Å². The first kappa shape index (κ1) is 22.4. The Balaban J connectivity index is 1.99. The number of Topliss-reactive ketones (excluding diaryl/α,β-unsaturated/α-hetero) is 1. The van der Waals surface area contributed by atoms with E-state index in [1.807, 2.05) is 0 Å². The number of carbonyl (C=O) groups is 2. The number of nitrogens with zero attached hydrogens (tertiary/aromatic N) is 2. The van der Waals surface area contributed by atoms with Gasteiger partial charge in [-0.15, -0.1) is 0 Å². The van der Waals surface area contributed by atoms with Crippen molar-refractivity contribution in [1.29, 1.82) is 0 Å². The monoisotopic (exact) mass is 464 g/mol. The number of hydrogen-bond acceptors (Lipinski definition) is 6. The SMILES string of the molecule is COc1ccc(OC)c(/C(O)=C2\C(=O)C(=O)N(c3ccc(Cl)cc3C)C2c2cccnc2)c1. The van der Waals surface area contributed by atoms with E-state index < -0.39 is 17.7 Å². The maximum Gasteiger partial charge on any atom is 0.300 e. The van der Waals surface area contributed by atoms with Crippen molar-refractivity contribution in [2.75, 3.05) is 19.1 Å². The number of ketones is 1. The van der Waals surface area contributed by atoms with Crippen LogP contribution in [0, 0.1) is 6.92 Å². The van der Waals surface area contributed by atoms with Crippen LogP contribution in [0.4, 0.5) is 5.69 Å². The average Bonchev–Trinajstić information content (AvgIpc) is 3.09. The molecule has 1 N–H and O–H groups in total. The summed E-state index contributed by atoms with van der Waals surface area (Å²) in [7, 11) is 2.94. The third-order valence-electron chi connectivity index (χ3n) is 5.52. The van der Waals surface area contributed by atoms with Crippen LogP contribution < -0.4 is 14.4 Å². The van der Waals surface area contributed by atoms with Crippen LogP contribution in [0.1, 0.15) is 22.7 Å². The minimum atomic E-state index is -0.908. The molecule has 33 heavy (non-hydrogen) atoms. The van der Waals surface area contributed by atoms with E-state index in [0.717, 1.165) is 0 Å². The van der Waals surface area contributed by atoms with Crippen molar-refractivity contribution in [1.82, 2.24) is 4.98 Å². The van der Waals surface area contributed by atoms with Crippen molar-refractivity contribution < 1.29 is 24.2 Å². The summed E-state index contributed by atoms with van der Waals surface area (Å²) in [6.07, 6.45) is 3.15. The van der Waals surface area contributed by atoms with Crippen molar-refractivity contribution in [3.63, 3.8) is 0 Å². The van der Waals surface area contributed by atoms with Crippen LogP contribution in [0.2, 0.25) is 5.02 Å². The van der Waals surface area contributed by atoms with E-state index in [2.05, 4.69) is 4.98 Å². The number of ether oxygens (including phenoxy) is 2. The average molecular weight is 465 g/mol. The van der Waals surface area contributed by atoms with Crippen LogP contribution in [0.3, 0.4) is 0 Å². The number of aromatic nitrogens is 1. The highest BCUT2D eigenvalue weighted by Crippen LogP contribution is 2.44. The topological polar surface area (TPSA) is 89.0 Å². The summed E-state index contributed by atoms with van der Waals surface area (Å²) in [6, 6.07) is 12.4. The predicted molar refractivity (Wildman–Crippen MR) is 125 cm³/mol. The molecule has 7 nitrogen and oxygen atoms in total. The lowest BCUT2D eigenvalue weighted by molar-refractivity contribution is -0.132. The second-order valence-electron chi connectivity index (χ2n) is 7.45. The molecule has 1 saturated heterocycles. The van der Waals surface area contributed by atoms with Crippen molar-refractivity contribution in [2.24, 2.45) is 0 Å². The zero-order valence-corrected chi connectivity index (χ0v) is 19.0. The third kappa shape index (κ3) is 3.91. The maximum atomic E-state index is 13.3. The number of methoxy groups -OCH3 is 2. The highest BCUT2D eigenvalue weighted by atomic mass is 35.5. The molecule has 0 radical (unpaired) electrons. The van der Waals surface area contributed by atoms with Crippen LogP contribution in [0.5, 0.6) is 11.5 Å². The van der Waals surface area contributed by atoms with E-state index >= 15 is 0 Å². The van der Waals surface area contributed by atoms with Crippen LogP contribution >= 0.6 is 11.6 Å². The Labute approximate surface area is 195 Å². The van der Waals surface area contributed by atoms with E-state index in [-0.39, 0.29) is 16.9 Å². The minimum Gasteiger partial charge on any atom is -0.507 e. The van der Waals surface area contributed by atoms with Gasteiger partial charge in [-0.2, -0.15) is 0 Å². The number of hydrogen-bond donors (Lipinski definition) is 1. The number of aryl methyl sites for hydroxylation is 1. The van der Waals surface area contributed by atoms with E-state index in [0.29, 0.717) is 33.3 Å². The number of benzene rings is 2. The van der Waals surface area contributed by atoms with Gasteiger partial charge in [0.05, 0.1) is 31.4 Å². The fourth-order valence-electron chi connectivity index (χ4n) is 3.97. The number of amides is 1. The molecule has 1 atom stereocenters. The minimum absolute atomic E-state index is 0.0751. The summed E-state index contributed by atoms with van der Waals surface area (Å²) in [5.41, 5.74) is 1.93. The first-order valence-electron chi connectivity index (χ1n) is 10.1. The van der Waals surface area contributed by atoms with Gasteiger partial charge < -0.3 is 14.6 Å². The van der Waals surface area contributed by atoms with Crippen molar-refractivity contribution in [2.45, 2.75) is 13.0 Å². The fourth-order valence-corrected chi connectivity index (χ4v) is 4.19. The van der Waals surface area contributed by atoms with Crippen LogP contribution in [-0.2, 0) is 9.59 Å². The van der Waals surface area contributed by atoms with Crippen molar-refractivity contribution in [3.8, 4) is 11.5 Å². The van der Waals surface area contributed by atoms with Gasteiger partial charge in [0.2, 0.25) is 0 Å². The number of aliphatic hydroxyl groups is 1. The number of anilines is 1. The Morgan fingerprint density at radius 2 is 1.88 bits per heavy atom. The highest BCUT2D eigenvalue weighted by molar-refractivity contribution is 6.52. The van der Waals surface area contributed by atoms with E-state index in [1.54, 1.807) is 67.8 Å². The maximum absolute atomic E-state index is 13.3. The van der Waals surface area contributed by atoms with Gasteiger partial charge in [0.15, 0.2) is 0 Å².